The van der Waals surface area contributed by atoms with Gasteiger partial charge in [-0.1, -0.05) is 30.3 Å². The Morgan fingerprint density at radius 3 is 2.23 bits per heavy atom. The summed E-state index contributed by atoms with van der Waals surface area (Å²) in [4.78, 5) is 39.5. The lowest BCUT2D eigenvalue weighted by molar-refractivity contribution is -0.136. The van der Waals surface area contributed by atoms with Crippen molar-refractivity contribution in [3.63, 3.8) is 0 Å². The van der Waals surface area contributed by atoms with Gasteiger partial charge in [0.1, 0.15) is 12.1 Å². The van der Waals surface area contributed by atoms with Gasteiger partial charge in [-0.3, -0.25) is 14.5 Å². The number of nitrogens with zero attached hydrogens (tertiary/aromatic N) is 1. The number of urea groups is 1. The smallest absolute Gasteiger partial charge is 0.325 e. The molecule has 1 saturated heterocycles. The molecule has 0 spiro atoms. The van der Waals surface area contributed by atoms with E-state index >= 15 is 0 Å². The van der Waals surface area contributed by atoms with Crippen molar-refractivity contribution in [1.29, 1.82) is 0 Å². The number of nitrogens with one attached hydrogen (secondary N) is 2. The number of imide groups is 1. The molecule has 0 radical (unpaired) electrons. The SMILES string of the molecule is C[C@@H](NC(=O)CN1C(=O)N[C@](C)(c2ccccc2)C1=O)C12CC3CC(CC(C3)C1)C2. The molecule has 0 unspecified atom stereocenters. The third kappa shape index (κ3) is 3.03. The molecule has 1 aromatic rings. The molecule has 6 nitrogen and oxygen atoms in total. The van der Waals surface area contributed by atoms with Crippen LogP contribution in [0, 0.1) is 23.2 Å². The van der Waals surface area contributed by atoms with Gasteiger partial charge >= 0.3 is 6.03 Å². The Morgan fingerprint density at radius 2 is 1.67 bits per heavy atom. The fourth-order valence-electron chi connectivity index (χ4n) is 7.10. The summed E-state index contributed by atoms with van der Waals surface area (Å²) in [5, 5.41) is 5.93. The highest BCUT2D eigenvalue weighted by Gasteiger charge is 2.54. The summed E-state index contributed by atoms with van der Waals surface area (Å²) in [6, 6.07) is 8.73. The largest absolute Gasteiger partial charge is 0.352 e. The van der Waals surface area contributed by atoms with Crippen LogP contribution >= 0.6 is 0 Å². The molecule has 6 heteroatoms. The molecule has 1 aromatic carbocycles. The van der Waals surface area contributed by atoms with Gasteiger partial charge in [0, 0.05) is 6.04 Å². The van der Waals surface area contributed by atoms with E-state index in [1.807, 2.05) is 30.3 Å². The number of benzene rings is 1. The zero-order chi connectivity index (χ0) is 21.1. The normalized spacial score (nSPS) is 37.9. The molecule has 2 N–H and O–H groups in total. The monoisotopic (exact) mass is 409 g/mol. The second-order valence-electron chi connectivity index (χ2n) is 10.4. The van der Waals surface area contributed by atoms with Gasteiger partial charge in [0.15, 0.2) is 0 Å². The predicted molar refractivity (Wildman–Crippen MR) is 112 cm³/mol. The van der Waals surface area contributed by atoms with Crippen molar-refractivity contribution in [2.24, 2.45) is 23.2 Å². The van der Waals surface area contributed by atoms with Crippen molar-refractivity contribution < 1.29 is 14.4 Å². The Kier molecular flexibility index (Phi) is 4.46. The van der Waals surface area contributed by atoms with Crippen molar-refractivity contribution >= 4 is 17.8 Å². The van der Waals surface area contributed by atoms with Crippen LogP contribution in [0.25, 0.3) is 0 Å². The topological polar surface area (TPSA) is 78.5 Å². The Morgan fingerprint density at radius 1 is 1.10 bits per heavy atom. The molecule has 1 aliphatic heterocycles. The molecule has 30 heavy (non-hydrogen) atoms. The van der Waals surface area contributed by atoms with Crippen LogP contribution in [0.1, 0.15) is 57.9 Å². The third-order valence-corrected chi connectivity index (χ3v) is 8.31. The van der Waals surface area contributed by atoms with Gasteiger partial charge in [0.25, 0.3) is 5.91 Å². The van der Waals surface area contributed by atoms with Crippen LogP contribution < -0.4 is 10.6 Å². The molecular weight excluding hydrogens is 378 g/mol. The maximum absolute atomic E-state index is 13.0. The van der Waals surface area contributed by atoms with Gasteiger partial charge in [0.05, 0.1) is 0 Å². The van der Waals surface area contributed by atoms with E-state index in [1.165, 1.54) is 38.5 Å². The zero-order valence-electron chi connectivity index (χ0n) is 17.8. The number of carbonyl (C=O) groups excluding carboxylic acids is 3. The first-order chi connectivity index (χ1) is 14.3. The molecule has 4 amide bonds. The minimum absolute atomic E-state index is 0.0691. The lowest BCUT2D eigenvalue weighted by atomic mass is 9.48. The number of hydrogen-bond acceptors (Lipinski definition) is 3. The zero-order valence-corrected chi connectivity index (χ0v) is 17.8. The standard InChI is InChI=1S/C24H31N3O3/c1-15(24-11-16-8-17(12-24)10-18(9-16)13-24)25-20(28)14-27-21(29)23(2,26-22(27)30)19-6-4-3-5-7-19/h3-7,15-18H,8-14H2,1-2H3,(H,25,28)(H,26,30)/t15-,16?,17?,18?,23-,24?/m1/s1. The molecule has 0 aromatic heterocycles. The highest BCUT2D eigenvalue weighted by atomic mass is 16.2. The Hall–Kier alpha value is -2.37. The fraction of sp³-hybridized carbons (Fsp3) is 0.625. The van der Waals surface area contributed by atoms with E-state index in [1.54, 1.807) is 6.92 Å². The molecule has 4 aliphatic carbocycles. The summed E-state index contributed by atoms with van der Waals surface area (Å²) in [5.74, 6) is 1.81. The van der Waals surface area contributed by atoms with E-state index in [0.29, 0.717) is 5.56 Å². The second-order valence-corrected chi connectivity index (χ2v) is 10.4. The third-order valence-electron chi connectivity index (χ3n) is 8.31. The maximum Gasteiger partial charge on any atom is 0.325 e. The minimum Gasteiger partial charge on any atom is -0.352 e. The van der Waals surface area contributed by atoms with Crippen molar-refractivity contribution in [2.75, 3.05) is 6.54 Å². The molecule has 160 valence electrons. The summed E-state index contributed by atoms with van der Waals surface area (Å²) in [7, 11) is 0. The number of rotatable bonds is 5. The summed E-state index contributed by atoms with van der Waals surface area (Å²) in [6.45, 7) is 3.58. The lowest BCUT2D eigenvalue weighted by Gasteiger charge is -2.59. The minimum atomic E-state index is -1.13. The van der Waals surface area contributed by atoms with Crippen LogP contribution in [-0.4, -0.2) is 35.3 Å². The quantitative estimate of drug-likeness (QED) is 0.733. The van der Waals surface area contributed by atoms with Gasteiger partial charge in [-0.15, -0.1) is 0 Å². The first-order valence-corrected chi connectivity index (χ1v) is 11.3. The van der Waals surface area contributed by atoms with Crippen LogP contribution in [0.3, 0.4) is 0 Å². The molecule has 6 rings (SSSR count). The van der Waals surface area contributed by atoms with E-state index in [2.05, 4.69) is 17.6 Å². The summed E-state index contributed by atoms with van der Waals surface area (Å²) < 4.78 is 0. The Balaban J connectivity index is 1.26. The van der Waals surface area contributed by atoms with E-state index in [-0.39, 0.29) is 29.8 Å². The van der Waals surface area contributed by atoms with E-state index < -0.39 is 11.6 Å². The Labute approximate surface area is 177 Å². The summed E-state index contributed by atoms with van der Waals surface area (Å²) in [6.07, 6.45) is 7.70. The number of amides is 4. The average Bonchev–Trinajstić information content (AvgIpc) is 2.91. The Bertz CT molecular complexity index is 848. The van der Waals surface area contributed by atoms with Crippen molar-refractivity contribution in [1.82, 2.24) is 15.5 Å². The van der Waals surface area contributed by atoms with E-state index in [4.69, 9.17) is 0 Å². The molecule has 5 fully saturated rings. The summed E-state index contributed by atoms with van der Waals surface area (Å²) >= 11 is 0. The molecule has 1 heterocycles. The van der Waals surface area contributed by atoms with E-state index in [9.17, 15) is 14.4 Å². The molecule has 5 aliphatic rings. The fourth-order valence-corrected chi connectivity index (χ4v) is 7.10. The maximum atomic E-state index is 13.0. The van der Waals surface area contributed by atoms with Gasteiger partial charge < -0.3 is 10.6 Å². The molecule has 4 saturated carbocycles. The highest BCUT2D eigenvalue weighted by Crippen LogP contribution is 2.61. The van der Waals surface area contributed by atoms with Crippen LogP contribution in [0.4, 0.5) is 4.79 Å². The molecule has 2 atom stereocenters. The highest BCUT2D eigenvalue weighted by molar-refractivity contribution is 6.09. The van der Waals surface area contributed by atoms with Crippen molar-refractivity contribution in [3.8, 4) is 0 Å². The first kappa shape index (κ1) is 19.6. The molecule has 4 bridgehead atoms. The van der Waals surface area contributed by atoms with E-state index in [0.717, 1.165) is 22.7 Å². The van der Waals surface area contributed by atoms with Gasteiger partial charge in [-0.25, -0.2) is 4.79 Å². The van der Waals surface area contributed by atoms with Crippen molar-refractivity contribution in [3.05, 3.63) is 35.9 Å². The number of carbonyl (C=O) groups is 3. The van der Waals surface area contributed by atoms with Gasteiger partial charge in [-0.05, 0) is 81.1 Å². The van der Waals surface area contributed by atoms with Crippen LogP contribution in [0.2, 0.25) is 0 Å². The number of hydrogen-bond donors (Lipinski definition) is 2. The predicted octanol–water partition coefficient (Wildman–Crippen LogP) is 3.17. The second kappa shape index (κ2) is 6.82. The van der Waals surface area contributed by atoms with Gasteiger partial charge in [0.2, 0.25) is 5.91 Å². The average molecular weight is 410 g/mol. The lowest BCUT2D eigenvalue weighted by Crippen LogP contribution is -2.57. The van der Waals surface area contributed by atoms with Gasteiger partial charge in [-0.2, -0.15) is 0 Å². The summed E-state index contributed by atoms with van der Waals surface area (Å²) in [5.41, 5.74) is -0.224. The first-order valence-electron chi connectivity index (χ1n) is 11.3. The van der Waals surface area contributed by atoms with Crippen molar-refractivity contribution in [2.45, 2.75) is 64.0 Å². The van der Waals surface area contributed by atoms with Crippen LogP contribution in [0.5, 0.6) is 0 Å². The van der Waals surface area contributed by atoms with Crippen LogP contribution in [-0.2, 0) is 15.1 Å². The molecular formula is C24H31N3O3. The van der Waals surface area contributed by atoms with Crippen LogP contribution in [0.15, 0.2) is 30.3 Å².